The van der Waals surface area contributed by atoms with Crippen molar-refractivity contribution in [3.05, 3.63) is 27.0 Å². The molecule has 0 aliphatic rings. The van der Waals surface area contributed by atoms with Crippen LogP contribution in [0.15, 0.2) is 21.3 Å². The highest BCUT2D eigenvalue weighted by molar-refractivity contribution is 9.11. The first-order valence-corrected chi connectivity index (χ1v) is 6.77. The van der Waals surface area contributed by atoms with Crippen LogP contribution in [0.3, 0.4) is 0 Å². The summed E-state index contributed by atoms with van der Waals surface area (Å²) < 4.78 is 1.08. The van der Waals surface area contributed by atoms with E-state index in [9.17, 15) is 0 Å². The van der Waals surface area contributed by atoms with Gasteiger partial charge in [-0.25, -0.2) is 4.98 Å². The van der Waals surface area contributed by atoms with E-state index in [1.165, 1.54) is 0 Å². The second-order valence-corrected chi connectivity index (χ2v) is 6.29. The number of aliphatic hydroxyl groups excluding tert-OH is 1. The Morgan fingerprint density at radius 1 is 1.53 bits per heavy atom. The van der Waals surface area contributed by atoms with Gasteiger partial charge in [0.15, 0.2) is 0 Å². The Kier molecular flexibility index (Phi) is 3.53. The number of thiazole rings is 1. The van der Waals surface area contributed by atoms with E-state index in [0.29, 0.717) is 0 Å². The monoisotopic (exact) mass is 304 g/mol. The van der Waals surface area contributed by atoms with Crippen LogP contribution in [0.25, 0.3) is 9.88 Å². The molecule has 2 aromatic heterocycles. The van der Waals surface area contributed by atoms with Gasteiger partial charge in [-0.2, -0.15) is 0 Å². The van der Waals surface area contributed by atoms with Crippen molar-refractivity contribution in [1.29, 1.82) is 0 Å². The van der Waals surface area contributed by atoms with Crippen LogP contribution >= 0.6 is 38.6 Å². The van der Waals surface area contributed by atoms with Gasteiger partial charge < -0.3 is 10.8 Å². The minimum Gasteiger partial charge on any atom is -0.394 e. The number of aliphatic hydroxyl groups is 1. The molecule has 0 aliphatic heterocycles. The molecule has 3 N–H and O–H groups in total. The lowest BCUT2D eigenvalue weighted by molar-refractivity contribution is 0.266. The molecule has 3 nitrogen and oxygen atoms in total. The second-order valence-electron chi connectivity index (χ2n) is 2.97. The van der Waals surface area contributed by atoms with E-state index in [0.717, 1.165) is 19.4 Å². The van der Waals surface area contributed by atoms with Crippen LogP contribution in [0.5, 0.6) is 0 Å². The maximum Gasteiger partial charge on any atom is 0.133 e. The standard InChI is InChI=1S/C9H9BrN2OS2/c10-8-2-1-7(15-8)9-12-6(4-14-9)5(11)3-13/h1-2,4-5,13H,3,11H2. The van der Waals surface area contributed by atoms with Crippen LogP contribution in [-0.2, 0) is 0 Å². The average Bonchev–Trinajstić information content (AvgIpc) is 2.84. The summed E-state index contributed by atoms with van der Waals surface area (Å²) in [6.07, 6.45) is 0. The fraction of sp³-hybridized carbons (Fsp3) is 0.222. The lowest BCUT2D eigenvalue weighted by Gasteiger charge is -2.01. The Bertz CT molecular complexity index is 454. The Morgan fingerprint density at radius 3 is 2.93 bits per heavy atom. The van der Waals surface area contributed by atoms with Crippen molar-refractivity contribution in [3.8, 4) is 9.88 Å². The first kappa shape index (κ1) is 11.2. The predicted molar refractivity (Wildman–Crippen MR) is 67.1 cm³/mol. The van der Waals surface area contributed by atoms with Gasteiger partial charge in [0.25, 0.3) is 0 Å². The van der Waals surface area contributed by atoms with Crippen molar-refractivity contribution in [2.45, 2.75) is 6.04 Å². The van der Waals surface area contributed by atoms with E-state index in [4.69, 9.17) is 10.8 Å². The Balaban J connectivity index is 2.27. The summed E-state index contributed by atoms with van der Waals surface area (Å²) in [6, 6.07) is 3.63. The Labute approximate surface area is 104 Å². The fourth-order valence-electron chi connectivity index (χ4n) is 1.09. The molecule has 0 amide bonds. The van der Waals surface area contributed by atoms with Crippen LogP contribution in [0.1, 0.15) is 11.7 Å². The Morgan fingerprint density at radius 2 is 2.33 bits per heavy atom. The largest absolute Gasteiger partial charge is 0.394 e. The van der Waals surface area contributed by atoms with Crippen molar-refractivity contribution >= 4 is 38.6 Å². The SMILES string of the molecule is NC(CO)c1csc(-c2ccc(Br)s2)n1. The second kappa shape index (κ2) is 4.71. The molecule has 2 aromatic rings. The van der Waals surface area contributed by atoms with Crippen molar-refractivity contribution in [3.63, 3.8) is 0 Å². The van der Waals surface area contributed by atoms with Crippen LogP contribution in [0.4, 0.5) is 0 Å². The van der Waals surface area contributed by atoms with Gasteiger partial charge in [-0.1, -0.05) is 0 Å². The fourth-order valence-corrected chi connectivity index (χ4v) is 3.43. The molecular formula is C9H9BrN2OS2. The van der Waals surface area contributed by atoms with Gasteiger partial charge in [0.2, 0.25) is 0 Å². The number of nitrogens with two attached hydrogens (primary N) is 1. The lowest BCUT2D eigenvalue weighted by atomic mass is 10.3. The van der Waals surface area contributed by atoms with Crippen LogP contribution in [0.2, 0.25) is 0 Å². The molecule has 6 heteroatoms. The van der Waals surface area contributed by atoms with Gasteiger partial charge in [0, 0.05) is 5.38 Å². The maximum atomic E-state index is 8.91. The molecule has 2 heterocycles. The molecule has 2 rings (SSSR count). The van der Waals surface area contributed by atoms with Crippen LogP contribution in [0, 0.1) is 0 Å². The maximum absolute atomic E-state index is 8.91. The number of hydrogen-bond donors (Lipinski definition) is 2. The van der Waals surface area contributed by atoms with Crippen molar-refractivity contribution in [1.82, 2.24) is 4.98 Å². The third-order valence-electron chi connectivity index (χ3n) is 1.88. The van der Waals surface area contributed by atoms with Gasteiger partial charge in [0.1, 0.15) is 5.01 Å². The molecule has 0 saturated heterocycles. The normalized spacial score (nSPS) is 13.0. The summed E-state index contributed by atoms with van der Waals surface area (Å²) in [4.78, 5) is 5.50. The van der Waals surface area contributed by atoms with E-state index in [1.807, 2.05) is 17.5 Å². The number of nitrogens with zero attached hydrogens (tertiary/aromatic N) is 1. The zero-order valence-corrected chi connectivity index (χ0v) is 10.9. The number of halogens is 1. The van der Waals surface area contributed by atoms with E-state index in [2.05, 4.69) is 20.9 Å². The summed E-state index contributed by atoms with van der Waals surface area (Å²) in [5.74, 6) is 0. The quantitative estimate of drug-likeness (QED) is 0.916. The number of hydrogen-bond acceptors (Lipinski definition) is 5. The first-order valence-electron chi connectivity index (χ1n) is 4.28. The molecule has 0 bridgehead atoms. The zero-order chi connectivity index (χ0) is 10.8. The molecule has 0 fully saturated rings. The van der Waals surface area contributed by atoms with E-state index >= 15 is 0 Å². The molecule has 15 heavy (non-hydrogen) atoms. The summed E-state index contributed by atoms with van der Waals surface area (Å²) in [5, 5.41) is 11.7. The number of thiophene rings is 1. The molecule has 80 valence electrons. The highest BCUT2D eigenvalue weighted by Crippen LogP contribution is 2.33. The number of aromatic nitrogens is 1. The Hall–Kier alpha value is -0.270. The highest BCUT2D eigenvalue weighted by Gasteiger charge is 2.11. The van der Waals surface area contributed by atoms with Crippen molar-refractivity contribution in [2.75, 3.05) is 6.61 Å². The van der Waals surface area contributed by atoms with Crippen molar-refractivity contribution < 1.29 is 5.11 Å². The van der Waals surface area contributed by atoms with Gasteiger partial charge in [-0.15, -0.1) is 22.7 Å². The third-order valence-corrected chi connectivity index (χ3v) is 4.54. The molecule has 0 aliphatic carbocycles. The van der Waals surface area contributed by atoms with Crippen LogP contribution < -0.4 is 5.73 Å². The molecule has 0 spiro atoms. The topological polar surface area (TPSA) is 59.1 Å². The highest BCUT2D eigenvalue weighted by atomic mass is 79.9. The summed E-state index contributed by atoms with van der Waals surface area (Å²) in [7, 11) is 0. The predicted octanol–water partition coefficient (Wildman–Crippen LogP) is 2.63. The molecule has 0 aromatic carbocycles. The third kappa shape index (κ3) is 2.46. The molecule has 1 unspecified atom stereocenters. The van der Waals surface area contributed by atoms with Gasteiger partial charge >= 0.3 is 0 Å². The summed E-state index contributed by atoms with van der Waals surface area (Å²) in [5.41, 5.74) is 6.43. The van der Waals surface area contributed by atoms with Crippen molar-refractivity contribution in [2.24, 2.45) is 5.73 Å². The first-order chi connectivity index (χ1) is 7.20. The molecule has 0 saturated carbocycles. The minimum absolute atomic E-state index is 0.0721. The molecule has 0 radical (unpaired) electrons. The van der Waals surface area contributed by atoms with E-state index < -0.39 is 0 Å². The zero-order valence-electron chi connectivity index (χ0n) is 7.68. The average molecular weight is 305 g/mol. The van der Waals surface area contributed by atoms with Gasteiger partial charge in [-0.3, -0.25) is 0 Å². The van der Waals surface area contributed by atoms with E-state index in [-0.39, 0.29) is 12.6 Å². The summed E-state index contributed by atoms with van der Waals surface area (Å²) >= 11 is 6.59. The van der Waals surface area contributed by atoms with Crippen LogP contribution in [-0.4, -0.2) is 16.7 Å². The smallest absolute Gasteiger partial charge is 0.133 e. The minimum atomic E-state index is -0.376. The summed E-state index contributed by atoms with van der Waals surface area (Å²) in [6.45, 7) is -0.0721. The molecular weight excluding hydrogens is 296 g/mol. The molecule has 1 atom stereocenters. The van der Waals surface area contributed by atoms with E-state index in [1.54, 1.807) is 22.7 Å². The number of rotatable bonds is 3. The lowest BCUT2D eigenvalue weighted by Crippen LogP contribution is -2.14. The van der Waals surface area contributed by atoms with Gasteiger partial charge in [0.05, 0.1) is 27.0 Å². The van der Waals surface area contributed by atoms with Gasteiger partial charge in [-0.05, 0) is 28.1 Å².